The number of pyridine rings is 1. The summed E-state index contributed by atoms with van der Waals surface area (Å²) in [7, 11) is -4.02. The zero-order chi connectivity index (χ0) is 26.7. The Kier molecular flexibility index (Phi) is 7.48. The van der Waals surface area contributed by atoms with Gasteiger partial charge in [-0.25, -0.2) is 17.9 Å². The van der Waals surface area contributed by atoms with Gasteiger partial charge < -0.3 is 15.7 Å². The lowest BCUT2D eigenvalue weighted by molar-refractivity contribution is 0.262. The minimum atomic E-state index is -4.02. The van der Waals surface area contributed by atoms with Crippen molar-refractivity contribution in [1.82, 2.24) is 14.8 Å². The van der Waals surface area contributed by atoms with Crippen LogP contribution in [0.1, 0.15) is 6.92 Å². The molecule has 0 unspecified atom stereocenters. The van der Waals surface area contributed by atoms with E-state index in [0.29, 0.717) is 0 Å². The van der Waals surface area contributed by atoms with Gasteiger partial charge >= 0.3 is 6.03 Å². The number of amides is 2. The first-order chi connectivity index (χ1) is 17.6. The van der Waals surface area contributed by atoms with Gasteiger partial charge in [0.25, 0.3) is 5.56 Å². The average molecular weight is 560 g/mol. The SMILES string of the molecule is CCn1nc(-c2ccccc2S(=O)(=O)c2ccc(O)cc2)cc(NC(=O)Nc2c(Cl)cncc2Cl)c1=O. The number of nitrogens with one attached hydrogen (secondary N) is 2. The number of phenols is 1. The largest absolute Gasteiger partial charge is 0.508 e. The number of aromatic hydroxyl groups is 1. The summed E-state index contributed by atoms with van der Waals surface area (Å²) in [6.45, 7) is 1.83. The number of aryl methyl sites for hydroxylation is 1. The number of hydrogen-bond donors (Lipinski definition) is 3. The van der Waals surface area contributed by atoms with Crippen molar-refractivity contribution in [1.29, 1.82) is 0 Å². The van der Waals surface area contributed by atoms with E-state index >= 15 is 0 Å². The summed E-state index contributed by atoms with van der Waals surface area (Å²) in [6, 6.07) is 11.7. The molecule has 10 nitrogen and oxygen atoms in total. The van der Waals surface area contributed by atoms with Gasteiger partial charge in [-0.1, -0.05) is 41.4 Å². The molecule has 0 spiro atoms. The van der Waals surface area contributed by atoms with E-state index in [-0.39, 0.29) is 54.8 Å². The van der Waals surface area contributed by atoms with Crippen LogP contribution in [0.5, 0.6) is 5.75 Å². The molecule has 4 aromatic rings. The number of anilines is 2. The number of urea groups is 1. The van der Waals surface area contributed by atoms with Gasteiger partial charge in [0, 0.05) is 24.5 Å². The third-order valence-electron chi connectivity index (χ3n) is 5.21. The van der Waals surface area contributed by atoms with Gasteiger partial charge in [0.05, 0.1) is 31.2 Å². The number of halogens is 2. The molecule has 0 bridgehead atoms. The van der Waals surface area contributed by atoms with E-state index in [0.717, 1.165) is 4.68 Å². The Morgan fingerprint density at radius 1 is 1.03 bits per heavy atom. The molecule has 37 heavy (non-hydrogen) atoms. The maximum atomic E-state index is 13.4. The first-order valence-electron chi connectivity index (χ1n) is 10.7. The van der Waals surface area contributed by atoms with Gasteiger partial charge in [-0.2, -0.15) is 5.10 Å². The van der Waals surface area contributed by atoms with E-state index in [1.165, 1.54) is 48.8 Å². The van der Waals surface area contributed by atoms with E-state index in [1.54, 1.807) is 25.1 Å². The van der Waals surface area contributed by atoms with Crippen LogP contribution in [0.15, 0.2) is 81.6 Å². The molecule has 0 fully saturated rings. The van der Waals surface area contributed by atoms with E-state index in [1.807, 2.05) is 0 Å². The zero-order valence-electron chi connectivity index (χ0n) is 19.1. The minimum absolute atomic E-state index is 0.0367. The number of aromatic nitrogens is 3. The molecule has 0 atom stereocenters. The van der Waals surface area contributed by atoms with Crippen molar-refractivity contribution in [3.63, 3.8) is 0 Å². The molecule has 2 heterocycles. The highest BCUT2D eigenvalue weighted by atomic mass is 35.5. The van der Waals surface area contributed by atoms with Crippen molar-refractivity contribution >= 4 is 50.4 Å². The number of hydrogen-bond acceptors (Lipinski definition) is 7. The van der Waals surface area contributed by atoms with Gasteiger partial charge in [-0.3, -0.25) is 9.78 Å². The van der Waals surface area contributed by atoms with Gasteiger partial charge in [0.15, 0.2) is 0 Å². The Morgan fingerprint density at radius 2 is 1.68 bits per heavy atom. The summed E-state index contributed by atoms with van der Waals surface area (Å²) in [5, 5.41) is 19.0. The lowest BCUT2D eigenvalue weighted by atomic mass is 10.1. The summed E-state index contributed by atoms with van der Waals surface area (Å²) < 4.78 is 27.9. The van der Waals surface area contributed by atoms with Crippen molar-refractivity contribution in [2.75, 3.05) is 10.6 Å². The van der Waals surface area contributed by atoms with Crippen LogP contribution < -0.4 is 16.2 Å². The fourth-order valence-electron chi connectivity index (χ4n) is 3.44. The van der Waals surface area contributed by atoms with Crippen LogP contribution in [0.4, 0.5) is 16.2 Å². The fraction of sp³-hybridized carbons (Fsp3) is 0.0833. The van der Waals surface area contributed by atoms with Gasteiger partial charge in [-0.15, -0.1) is 0 Å². The molecular formula is C24H19Cl2N5O5S. The minimum Gasteiger partial charge on any atom is -0.508 e. The summed E-state index contributed by atoms with van der Waals surface area (Å²) in [4.78, 5) is 29.3. The number of carbonyl (C=O) groups is 1. The van der Waals surface area contributed by atoms with Crippen molar-refractivity contribution < 1.29 is 18.3 Å². The number of sulfone groups is 1. The van der Waals surface area contributed by atoms with Gasteiger partial charge in [0.1, 0.15) is 11.4 Å². The summed E-state index contributed by atoms with van der Waals surface area (Å²) >= 11 is 12.1. The number of carbonyl (C=O) groups excluding carboxylic acids is 1. The average Bonchev–Trinajstić information content (AvgIpc) is 2.88. The number of rotatable bonds is 6. The van der Waals surface area contributed by atoms with E-state index in [4.69, 9.17) is 23.2 Å². The Morgan fingerprint density at radius 3 is 2.32 bits per heavy atom. The van der Waals surface area contributed by atoms with Crippen molar-refractivity contribution in [2.45, 2.75) is 23.3 Å². The van der Waals surface area contributed by atoms with Crippen molar-refractivity contribution in [3.8, 4) is 17.0 Å². The standard InChI is InChI=1S/C24H19Cl2N5O5S/c1-2-31-23(33)20(28-24(34)29-22-17(25)12-27-13-18(22)26)11-19(30-31)16-5-3-4-6-21(16)37(35,36)15-9-7-14(32)8-10-15/h3-13,32H,2H2,1H3,(H2,27,28,29,34). The van der Waals surface area contributed by atoms with Crippen LogP contribution in [0, 0.1) is 0 Å². The topological polar surface area (TPSA) is 143 Å². The van der Waals surface area contributed by atoms with Crippen LogP contribution in [-0.2, 0) is 16.4 Å². The Hall–Kier alpha value is -3.93. The van der Waals surface area contributed by atoms with Crippen LogP contribution in [0.25, 0.3) is 11.3 Å². The quantitative estimate of drug-likeness (QED) is 0.307. The molecule has 0 aliphatic heterocycles. The molecule has 4 rings (SSSR count). The molecule has 0 radical (unpaired) electrons. The molecule has 13 heteroatoms. The lowest BCUT2D eigenvalue weighted by Gasteiger charge is -2.14. The number of benzene rings is 2. The first-order valence-corrected chi connectivity index (χ1v) is 13.0. The van der Waals surface area contributed by atoms with Crippen LogP contribution in [0.3, 0.4) is 0 Å². The monoisotopic (exact) mass is 559 g/mol. The fourth-order valence-corrected chi connectivity index (χ4v) is 5.37. The summed E-state index contributed by atoms with van der Waals surface area (Å²) in [6.07, 6.45) is 2.59. The summed E-state index contributed by atoms with van der Waals surface area (Å²) in [5.41, 5.74) is -0.308. The molecule has 0 aliphatic rings. The molecule has 190 valence electrons. The predicted octanol–water partition coefficient (Wildman–Crippen LogP) is 4.81. The smallest absolute Gasteiger partial charge is 0.323 e. The zero-order valence-corrected chi connectivity index (χ0v) is 21.5. The highest BCUT2D eigenvalue weighted by Gasteiger charge is 2.24. The molecule has 3 N–H and O–H groups in total. The Labute approximate surface area is 221 Å². The maximum absolute atomic E-state index is 13.4. The number of nitrogens with zero attached hydrogens (tertiary/aromatic N) is 3. The molecule has 0 aliphatic carbocycles. The van der Waals surface area contributed by atoms with Crippen LogP contribution in [-0.4, -0.2) is 34.3 Å². The third kappa shape index (κ3) is 5.43. The second-order valence-electron chi connectivity index (χ2n) is 7.61. The third-order valence-corrected chi connectivity index (χ3v) is 7.61. The predicted molar refractivity (Wildman–Crippen MR) is 140 cm³/mol. The Balaban J connectivity index is 1.76. The van der Waals surface area contributed by atoms with Crippen LogP contribution >= 0.6 is 23.2 Å². The molecule has 2 amide bonds. The van der Waals surface area contributed by atoms with E-state index < -0.39 is 21.4 Å². The maximum Gasteiger partial charge on any atom is 0.323 e. The van der Waals surface area contributed by atoms with E-state index in [2.05, 4.69) is 20.7 Å². The van der Waals surface area contributed by atoms with E-state index in [9.17, 15) is 23.1 Å². The molecule has 0 saturated heterocycles. The molecule has 2 aromatic carbocycles. The van der Waals surface area contributed by atoms with Crippen molar-refractivity contribution in [2.24, 2.45) is 0 Å². The second-order valence-corrected chi connectivity index (χ2v) is 10.3. The molecule has 2 aromatic heterocycles. The lowest BCUT2D eigenvalue weighted by Crippen LogP contribution is -2.30. The van der Waals surface area contributed by atoms with Crippen molar-refractivity contribution in [3.05, 3.63) is 87.4 Å². The van der Waals surface area contributed by atoms with Gasteiger partial charge in [-0.05, 0) is 43.3 Å². The number of phenolic OH excluding ortho intramolecular Hbond substituents is 1. The second kappa shape index (κ2) is 10.6. The van der Waals surface area contributed by atoms with Gasteiger partial charge in [0.2, 0.25) is 9.84 Å². The highest BCUT2D eigenvalue weighted by molar-refractivity contribution is 7.91. The highest BCUT2D eigenvalue weighted by Crippen LogP contribution is 2.32. The molecular weight excluding hydrogens is 541 g/mol. The normalized spacial score (nSPS) is 11.2. The first kappa shape index (κ1) is 26.1. The Bertz CT molecular complexity index is 1640. The molecule has 0 saturated carbocycles. The summed E-state index contributed by atoms with van der Waals surface area (Å²) in [5.74, 6) is -0.0766. The van der Waals surface area contributed by atoms with Crippen LogP contribution in [0.2, 0.25) is 10.0 Å².